The average molecular weight is 856 g/mol. The molecule has 3 heterocycles. The number of aliphatic carboxylic acids is 1. The summed E-state index contributed by atoms with van der Waals surface area (Å²) in [7, 11) is 0. The molecule has 0 radical (unpaired) electrons. The summed E-state index contributed by atoms with van der Waals surface area (Å²) in [6.45, 7) is 3.65. The first-order valence-electron chi connectivity index (χ1n) is 19.0. The lowest BCUT2D eigenvalue weighted by molar-refractivity contribution is -0.172. The number of thioether (sulfide) groups is 1. The van der Waals surface area contributed by atoms with E-state index in [-0.39, 0.29) is 72.8 Å². The predicted octanol–water partition coefficient (Wildman–Crippen LogP) is 6.13. The van der Waals surface area contributed by atoms with Crippen LogP contribution in [0.3, 0.4) is 0 Å². The summed E-state index contributed by atoms with van der Waals surface area (Å²) < 4.78 is 73.7. The predicted molar refractivity (Wildman–Crippen MR) is 208 cm³/mol. The number of benzene rings is 2. The first kappa shape index (κ1) is 45.4. The minimum absolute atomic E-state index is 0.0197. The molecule has 1 aromatic heterocycles. The van der Waals surface area contributed by atoms with Gasteiger partial charge in [-0.15, -0.1) is 11.8 Å². The number of carbonyl (C=O) groups is 4. The number of nitriles is 1. The highest BCUT2D eigenvalue weighted by Crippen LogP contribution is 2.42. The number of carbonyl (C=O) groups excluding carboxylic acids is 3. The van der Waals surface area contributed by atoms with Gasteiger partial charge in [0.1, 0.15) is 30.1 Å². The largest absolute Gasteiger partial charge is 0.512 e. The van der Waals surface area contributed by atoms with Crippen molar-refractivity contribution in [2.75, 3.05) is 26.3 Å². The second-order valence-electron chi connectivity index (χ2n) is 14.1. The molecule has 60 heavy (non-hydrogen) atoms. The van der Waals surface area contributed by atoms with E-state index in [9.17, 15) is 28.0 Å². The normalized spacial score (nSPS) is 19.3. The standard InChI is InChI=1S/C41H44F3N5O10S/c1-26(60-32-21-55-39(56-22-32)6-4-3-5-30-8-7-29(20-45)17-34(30)43)41(23-49-25-46-24-47-49,33-10-9-31(42)19-35(33)44)59-40(54)58-27(2)57-38(53)12-11-36(50)48-15-13-28(14-16-48)18-37(51)52/h3-10,17,19,24-28,32,39H,11-16,18,21-23H2,1-2H3,(H,51,52). The van der Waals surface area contributed by atoms with Crippen molar-refractivity contribution < 1.29 is 61.1 Å². The van der Waals surface area contributed by atoms with Crippen molar-refractivity contribution in [3.05, 3.63) is 101 Å². The van der Waals surface area contributed by atoms with Crippen LogP contribution in [-0.2, 0) is 50.2 Å². The Labute approximate surface area is 348 Å². The summed E-state index contributed by atoms with van der Waals surface area (Å²) in [6.07, 6.45) is 5.90. The topological polar surface area (TPSA) is 192 Å². The molecule has 1 N–H and O–H groups in total. The summed E-state index contributed by atoms with van der Waals surface area (Å²) in [5.41, 5.74) is -1.66. The number of allylic oxidation sites excluding steroid dienone is 2. The number of ether oxygens (including phenoxy) is 5. The molecule has 2 aliphatic rings. The van der Waals surface area contributed by atoms with E-state index in [2.05, 4.69) is 10.1 Å². The molecule has 5 rings (SSSR count). The molecule has 0 saturated carbocycles. The second-order valence-corrected chi connectivity index (χ2v) is 15.7. The van der Waals surface area contributed by atoms with Crippen molar-refractivity contribution in [2.24, 2.45) is 5.92 Å². The number of aromatic nitrogens is 3. The number of amides is 1. The molecule has 2 aliphatic heterocycles. The number of esters is 1. The summed E-state index contributed by atoms with van der Waals surface area (Å²) in [4.78, 5) is 55.4. The van der Waals surface area contributed by atoms with E-state index in [4.69, 9.17) is 34.1 Å². The van der Waals surface area contributed by atoms with Crippen LogP contribution in [0.5, 0.6) is 0 Å². The monoisotopic (exact) mass is 855 g/mol. The fourth-order valence-electron chi connectivity index (χ4n) is 6.70. The molecular weight excluding hydrogens is 812 g/mol. The lowest BCUT2D eigenvalue weighted by Crippen LogP contribution is -2.47. The first-order chi connectivity index (χ1) is 28.7. The van der Waals surface area contributed by atoms with Crippen LogP contribution < -0.4 is 0 Å². The molecule has 2 aromatic carbocycles. The van der Waals surface area contributed by atoms with E-state index < -0.39 is 59.0 Å². The molecule has 320 valence electrons. The van der Waals surface area contributed by atoms with Crippen molar-refractivity contribution in [1.29, 1.82) is 5.26 Å². The number of hydrogen-bond donors (Lipinski definition) is 1. The molecule has 3 aromatic rings. The maximum atomic E-state index is 15.8. The maximum Gasteiger partial charge on any atom is 0.512 e. The maximum absolute atomic E-state index is 15.8. The summed E-state index contributed by atoms with van der Waals surface area (Å²) in [5.74, 6) is -4.49. The Balaban J connectivity index is 1.21. The fourth-order valence-corrected chi connectivity index (χ4v) is 8.06. The van der Waals surface area contributed by atoms with Crippen LogP contribution in [0.25, 0.3) is 6.08 Å². The van der Waals surface area contributed by atoms with Crippen LogP contribution in [0.2, 0.25) is 0 Å². The van der Waals surface area contributed by atoms with Gasteiger partial charge in [-0.2, -0.15) is 10.4 Å². The lowest BCUT2D eigenvalue weighted by Gasteiger charge is -2.40. The van der Waals surface area contributed by atoms with Crippen LogP contribution in [0.15, 0.2) is 67.3 Å². The number of nitrogens with zero attached hydrogens (tertiary/aromatic N) is 5. The molecule has 3 unspecified atom stereocenters. The van der Waals surface area contributed by atoms with Gasteiger partial charge in [0, 0.05) is 55.3 Å². The molecule has 0 bridgehead atoms. The van der Waals surface area contributed by atoms with E-state index in [0.717, 1.165) is 18.2 Å². The van der Waals surface area contributed by atoms with Crippen molar-refractivity contribution in [3.8, 4) is 6.07 Å². The third kappa shape index (κ3) is 12.9. The summed E-state index contributed by atoms with van der Waals surface area (Å²) in [5, 5.41) is 20.9. The van der Waals surface area contributed by atoms with Crippen molar-refractivity contribution >= 4 is 41.8 Å². The first-order valence-corrected chi connectivity index (χ1v) is 20.0. The number of carboxylic acids is 1. The van der Waals surface area contributed by atoms with Gasteiger partial charge in [0.2, 0.25) is 12.2 Å². The average Bonchev–Trinajstić information content (AvgIpc) is 3.72. The van der Waals surface area contributed by atoms with Crippen LogP contribution in [0.1, 0.15) is 62.6 Å². The van der Waals surface area contributed by atoms with Gasteiger partial charge >= 0.3 is 18.1 Å². The quantitative estimate of drug-likeness (QED) is 0.0926. The summed E-state index contributed by atoms with van der Waals surface area (Å²) >= 11 is 1.23. The zero-order chi connectivity index (χ0) is 43.2. The molecule has 2 fully saturated rings. The van der Waals surface area contributed by atoms with Crippen molar-refractivity contribution in [3.63, 3.8) is 0 Å². The van der Waals surface area contributed by atoms with Crippen molar-refractivity contribution in [1.82, 2.24) is 19.7 Å². The number of rotatable bonds is 17. The molecule has 2 saturated heterocycles. The van der Waals surface area contributed by atoms with E-state index in [1.165, 1.54) is 54.2 Å². The van der Waals surface area contributed by atoms with Gasteiger partial charge in [-0.3, -0.25) is 14.4 Å². The molecule has 0 aliphatic carbocycles. The zero-order valence-corrected chi connectivity index (χ0v) is 33.6. The smallest absolute Gasteiger partial charge is 0.481 e. The Morgan fingerprint density at radius 2 is 1.78 bits per heavy atom. The Morgan fingerprint density at radius 1 is 1.03 bits per heavy atom. The number of carboxylic acid groups (broad SMARTS) is 1. The molecule has 15 nitrogen and oxygen atoms in total. The Morgan fingerprint density at radius 3 is 2.43 bits per heavy atom. The van der Waals surface area contributed by atoms with E-state index >= 15 is 4.39 Å². The number of likely N-dealkylation sites (tertiary alicyclic amines) is 1. The minimum Gasteiger partial charge on any atom is -0.481 e. The Kier molecular flexibility index (Phi) is 16.3. The SMILES string of the molecule is CC(OC(=O)CCC(=O)N1CCC(CC(=O)O)CC1)OC(=O)OC(Cn1cncn1)(c1ccc(F)cc1F)C(C)SC1COC(C=CC=Cc2ccc(C#N)cc2F)OC1. The molecular formula is C41H44F3N5O10S. The number of hydrogen-bond acceptors (Lipinski definition) is 13. The number of piperidine rings is 1. The zero-order valence-electron chi connectivity index (χ0n) is 32.8. The third-order valence-corrected chi connectivity index (χ3v) is 11.2. The van der Waals surface area contributed by atoms with Crippen LogP contribution >= 0.6 is 11.8 Å². The van der Waals surface area contributed by atoms with Gasteiger partial charge in [-0.25, -0.2) is 27.6 Å². The second kappa shape index (κ2) is 21.5. The highest BCUT2D eigenvalue weighted by molar-refractivity contribution is 8.00. The van der Waals surface area contributed by atoms with Gasteiger partial charge < -0.3 is 33.7 Å². The van der Waals surface area contributed by atoms with Crippen LogP contribution in [0, 0.1) is 34.7 Å². The fraction of sp³-hybridized carbons (Fsp3) is 0.439. The molecule has 0 spiro atoms. The van der Waals surface area contributed by atoms with Crippen molar-refractivity contribution in [2.45, 2.75) is 81.2 Å². The minimum atomic E-state index is -1.94. The van der Waals surface area contributed by atoms with E-state index in [1.807, 2.05) is 6.07 Å². The van der Waals surface area contributed by atoms with E-state index in [0.29, 0.717) is 32.0 Å². The Hall–Kier alpha value is -5.71. The highest BCUT2D eigenvalue weighted by Gasteiger charge is 2.47. The van der Waals surface area contributed by atoms with Crippen LogP contribution in [-0.4, -0.2) is 98.2 Å². The van der Waals surface area contributed by atoms with E-state index in [1.54, 1.807) is 30.1 Å². The number of halogens is 3. The highest BCUT2D eigenvalue weighted by atomic mass is 32.2. The lowest BCUT2D eigenvalue weighted by atomic mass is 9.89. The van der Waals surface area contributed by atoms with Gasteiger partial charge in [0.25, 0.3) is 0 Å². The third-order valence-electron chi connectivity index (χ3n) is 9.78. The van der Waals surface area contributed by atoms with Crippen LogP contribution in [0.4, 0.5) is 18.0 Å². The summed E-state index contributed by atoms with van der Waals surface area (Å²) in [6, 6.07) is 8.82. The van der Waals surface area contributed by atoms with Gasteiger partial charge in [-0.1, -0.05) is 24.3 Å². The van der Waals surface area contributed by atoms with Gasteiger partial charge in [0.05, 0.1) is 43.1 Å². The van der Waals surface area contributed by atoms with Gasteiger partial charge in [0.15, 0.2) is 11.9 Å². The molecule has 19 heteroatoms. The van der Waals surface area contributed by atoms with Gasteiger partial charge in [-0.05, 0) is 56.0 Å². The molecule has 1 amide bonds. The molecule has 3 atom stereocenters. The Bertz CT molecular complexity index is 2070.